The lowest BCUT2D eigenvalue weighted by Gasteiger charge is -2.31. The Morgan fingerprint density at radius 3 is 2.88 bits per heavy atom. The summed E-state index contributed by atoms with van der Waals surface area (Å²) in [4.78, 5) is 22.2. The predicted octanol–water partition coefficient (Wildman–Crippen LogP) is 2.90. The first-order valence-corrected chi connectivity index (χ1v) is 8.91. The Bertz CT molecular complexity index is 751. The Balaban J connectivity index is 1.63. The summed E-state index contributed by atoms with van der Waals surface area (Å²) >= 11 is 6.10. The van der Waals surface area contributed by atoms with Crippen molar-refractivity contribution in [1.82, 2.24) is 14.9 Å². The predicted molar refractivity (Wildman–Crippen MR) is 100 cm³/mol. The Morgan fingerprint density at radius 1 is 1.38 bits per heavy atom. The molecule has 8 heteroatoms. The molecule has 1 aromatic carbocycles. The molecule has 1 aliphatic rings. The second-order valence-corrected chi connectivity index (χ2v) is 6.69. The molecule has 1 unspecified atom stereocenters. The largest absolute Gasteiger partial charge is 0.495 e. The van der Waals surface area contributed by atoms with Gasteiger partial charge in [-0.15, -0.1) is 0 Å². The number of carbonyl (C=O) groups excluding carboxylic acids is 1. The van der Waals surface area contributed by atoms with Crippen molar-refractivity contribution in [3.05, 3.63) is 35.4 Å². The Hall–Kier alpha value is -2.25. The van der Waals surface area contributed by atoms with Crippen molar-refractivity contribution in [3.63, 3.8) is 0 Å². The minimum absolute atomic E-state index is 0.104. The molecule has 1 aliphatic heterocycles. The molecule has 0 saturated carbocycles. The monoisotopic (exact) mass is 378 g/mol. The molecular weight excluding hydrogens is 356 g/mol. The number of halogens is 1. The van der Waals surface area contributed by atoms with Crippen LogP contribution < -0.4 is 14.8 Å². The molecule has 0 spiro atoms. The van der Waals surface area contributed by atoms with Gasteiger partial charge < -0.3 is 19.8 Å². The number of hydrogen-bond donors (Lipinski definition) is 2. The number of anilines is 1. The molecule has 2 N–H and O–H groups in total. The van der Waals surface area contributed by atoms with Gasteiger partial charge in [0.05, 0.1) is 31.5 Å². The van der Waals surface area contributed by atoms with E-state index in [9.17, 15) is 4.79 Å². The molecule has 1 fully saturated rings. The molecular formula is C18H23ClN4O3. The zero-order valence-corrected chi connectivity index (χ0v) is 15.7. The van der Waals surface area contributed by atoms with E-state index in [1.807, 2.05) is 6.20 Å². The maximum atomic E-state index is 12.5. The summed E-state index contributed by atoms with van der Waals surface area (Å²) in [6.45, 7) is 2.01. The van der Waals surface area contributed by atoms with E-state index in [1.54, 1.807) is 18.3 Å². The zero-order valence-electron chi connectivity index (χ0n) is 14.9. The highest BCUT2D eigenvalue weighted by Crippen LogP contribution is 2.35. The number of ether oxygens (including phenoxy) is 2. The molecule has 1 aromatic heterocycles. The van der Waals surface area contributed by atoms with Gasteiger partial charge in [0.2, 0.25) is 5.91 Å². The number of likely N-dealkylation sites (tertiary alicyclic amines) is 1. The number of aromatic nitrogens is 2. The summed E-state index contributed by atoms with van der Waals surface area (Å²) in [6, 6.07) is 3.30. The number of hydrogen-bond acceptors (Lipinski definition) is 5. The second-order valence-electron chi connectivity index (χ2n) is 6.28. The lowest BCUT2D eigenvalue weighted by atomic mass is 9.97. The summed E-state index contributed by atoms with van der Waals surface area (Å²) < 4.78 is 10.5. The lowest BCUT2D eigenvalue weighted by Crippen LogP contribution is -2.40. The van der Waals surface area contributed by atoms with Crippen molar-refractivity contribution >= 4 is 23.2 Å². The van der Waals surface area contributed by atoms with E-state index < -0.39 is 0 Å². The average Bonchev–Trinajstić information content (AvgIpc) is 3.17. The van der Waals surface area contributed by atoms with Gasteiger partial charge in [0.15, 0.2) is 0 Å². The molecule has 3 rings (SSSR count). The van der Waals surface area contributed by atoms with Gasteiger partial charge in [-0.25, -0.2) is 4.98 Å². The van der Waals surface area contributed by atoms with Gasteiger partial charge in [0.25, 0.3) is 0 Å². The maximum Gasteiger partial charge on any atom is 0.238 e. The number of piperidine rings is 1. The molecule has 26 heavy (non-hydrogen) atoms. The number of aromatic amines is 1. The van der Waals surface area contributed by atoms with Crippen LogP contribution in [0.15, 0.2) is 24.5 Å². The number of rotatable bonds is 6. The number of benzene rings is 1. The van der Waals surface area contributed by atoms with Gasteiger partial charge in [-0.2, -0.15) is 0 Å². The molecule has 2 aromatic rings. The third-order valence-corrected chi connectivity index (χ3v) is 4.82. The van der Waals surface area contributed by atoms with E-state index in [0.29, 0.717) is 34.7 Å². The average molecular weight is 379 g/mol. The molecule has 1 saturated heterocycles. The summed E-state index contributed by atoms with van der Waals surface area (Å²) in [7, 11) is 3.06. The van der Waals surface area contributed by atoms with Gasteiger partial charge in [-0.1, -0.05) is 11.6 Å². The number of nitrogens with zero attached hydrogens (tertiary/aromatic N) is 2. The van der Waals surface area contributed by atoms with E-state index in [1.165, 1.54) is 14.2 Å². The van der Waals surface area contributed by atoms with Crippen LogP contribution >= 0.6 is 11.6 Å². The van der Waals surface area contributed by atoms with Crippen molar-refractivity contribution in [2.24, 2.45) is 0 Å². The summed E-state index contributed by atoms with van der Waals surface area (Å²) in [5.74, 6) is 2.19. The first-order valence-electron chi connectivity index (χ1n) is 8.53. The van der Waals surface area contributed by atoms with Crippen molar-refractivity contribution < 1.29 is 14.3 Å². The van der Waals surface area contributed by atoms with Crippen LogP contribution in [0, 0.1) is 0 Å². The lowest BCUT2D eigenvalue weighted by molar-refractivity contribution is -0.117. The Morgan fingerprint density at radius 2 is 2.19 bits per heavy atom. The van der Waals surface area contributed by atoms with Crippen molar-refractivity contribution in [1.29, 1.82) is 0 Å². The summed E-state index contributed by atoms with van der Waals surface area (Å²) in [5, 5.41) is 3.32. The fraction of sp³-hybridized carbons (Fsp3) is 0.444. The van der Waals surface area contributed by atoms with Crippen LogP contribution in [0.4, 0.5) is 5.69 Å². The van der Waals surface area contributed by atoms with Crippen LogP contribution in [0.3, 0.4) is 0 Å². The van der Waals surface area contributed by atoms with Crippen LogP contribution in [-0.4, -0.2) is 54.6 Å². The van der Waals surface area contributed by atoms with Crippen LogP contribution in [-0.2, 0) is 4.79 Å². The van der Waals surface area contributed by atoms with Crippen molar-refractivity contribution in [2.45, 2.75) is 18.8 Å². The number of carbonyl (C=O) groups is 1. The number of amides is 1. The first kappa shape index (κ1) is 18.5. The summed E-state index contributed by atoms with van der Waals surface area (Å²) in [5.41, 5.74) is 0.540. The van der Waals surface area contributed by atoms with Crippen molar-refractivity contribution in [3.8, 4) is 11.5 Å². The third kappa shape index (κ3) is 4.28. The maximum absolute atomic E-state index is 12.5. The second kappa shape index (κ2) is 8.42. The van der Waals surface area contributed by atoms with Crippen LogP contribution in [0.5, 0.6) is 11.5 Å². The molecule has 1 atom stereocenters. The van der Waals surface area contributed by atoms with Crippen LogP contribution in [0.1, 0.15) is 24.6 Å². The molecule has 7 nitrogen and oxygen atoms in total. The standard InChI is InChI=1S/C18H23ClN4O3/c1-25-15-9-14(16(26-2)8-13(15)19)22-17(24)11-23-7-3-4-12(10-23)18-20-5-6-21-18/h5-6,8-9,12H,3-4,7,10-11H2,1-2H3,(H,20,21)(H,22,24). The van der Waals surface area contributed by atoms with Gasteiger partial charge in [-0.05, 0) is 19.4 Å². The number of nitrogens with one attached hydrogen (secondary N) is 2. The van der Waals surface area contributed by atoms with E-state index in [4.69, 9.17) is 21.1 Å². The van der Waals surface area contributed by atoms with Crippen LogP contribution in [0.2, 0.25) is 5.02 Å². The molecule has 1 amide bonds. The fourth-order valence-corrected chi connectivity index (χ4v) is 3.50. The van der Waals surface area contributed by atoms with Gasteiger partial charge in [0, 0.05) is 37.0 Å². The molecule has 2 heterocycles. The minimum Gasteiger partial charge on any atom is -0.495 e. The Labute approximate surface area is 157 Å². The highest BCUT2D eigenvalue weighted by molar-refractivity contribution is 6.32. The molecule has 140 valence electrons. The quantitative estimate of drug-likeness (QED) is 0.808. The fourth-order valence-electron chi connectivity index (χ4n) is 3.27. The van der Waals surface area contributed by atoms with Crippen molar-refractivity contribution in [2.75, 3.05) is 39.2 Å². The van der Waals surface area contributed by atoms with Gasteiger partial charge in [-0.3, -0.25) is 9.69 Å². The Kier molecular flexibility index (Phi) is 6.00. The van der Waals surface area contributed by atoms with E-state index in [0.717, 1.165) is 31.8 Å². The highest BCUT2D eigenvalue weighted by atomic mass is 35.5. The number of methoxy groups -OCH3 is 2. The SMILES string of the molecule is COc1cc(NC(=O)CN2CCCC(c3ncc[nH]3)C2)c(OC)cc1Cl. The normalized spacial score (nSPS) is 17.7. The van der Waals surface area contributed by atoms with Gasteiger partial charge >= 0.3 is 0 Å². The molecule has 0 aliphatic carbocycles. The summed E-state index contributed by atoms with van der Waals surface area (Å²) in [6.07, 6.45) is 5.72. The van der Waals surface area contributed by atoms with E-state index in [2.05, 4.69) is 20.2 Å². The molecule has 0 bridgehead atoms. The number of imidazole rings is 1. The third-order valence-electron chi connectivity index (χ3n) is 4.53. The zero-order chi connectivity index (χ0) is 18.5. The highest BCUT2D eigenvalue weighted by Gasteiger charge is 2.24. The van der Waals surface area contributed by atoms with Gasteiger partial charge in [0.1, 0.15) is 17.3 Å². The van der Waals surface area contributed by atoms with Crippen LogP contribution in [0.25, 0.3) is 0 Å². The first-order chi connectivity index (χ1) is 12.6. The smallest absolute Gasteiger partial charge is 0.238 e. The number of H-pyrrole nitrogens is 1. The van der Waals surface area contributed by atoms with E-state index in [-0.39, 0.29) is 5.91 Å². The molecule has 0 radical (unpaired) electrons. The van der Waals surface area contributed by atoms with E-state index >= 15 is 0 Å². The topological polar surface area (TPSA) is 79.5 Å². The minimum atomic E-state index is -0.104.